The summed E-state index contributed by atoms with van der Waals surface area (Å²) in [7, 11) is 0. The molecule has 2 N–H and O–H groups in total. The van der Waals surface area contributed by atoms with Gasteiger partial charge in [0.1, 0.15) is 11.6 Å². The Morgan fingerprint density at radius 3 is 2.82 bits per heavy atom. The number of nitrogens with zero attached hydrogens (tertiary/aromatic N) is 4. The second-order valence-corrected chi connectivity index (χ2v) is 8.22. The van der Waals surface area contributed by atoms with Crippen LogP contribution < -0.4 is 15.1 Å². The molecule has 0 bridgehead atoms. The molecule has 1 fully saturated rings. The molecule has 3 heterocycles. The fourth-order valence-electron chi connectivity index (χ4n) is 4.05. The first-order chi connectivity index (χ1) is 16.2. The van der Waals surface area contributed by atoms with Crippen molar-refractivity contribution in [2.75, 3.05) is 41.4 Å². The van der Waals surface area contributed by atoms with E-state index in [9.17, 15) is 14.3 Å². The fourth-order valence-corrected chi connectivity index (χ4v) is 4.05. The minimum absolute atomic E-state index is 0.164. The summed E-state index contributed by atoms with van der Waals surface area (Å²) >= 11 is 0. The molecule has 2 aromatic heterocycles. The number of hydrogen-bond acceptors (Lipinski definition) is 6. The third-order valence-electron chi connectivity index (χ3n) is 5.83. The van der Waals surface area contributed by atoms with Gasteiger partial charge in [0, 0.05) is 44.6 Å². The number of pyridine rings is 2. The second-order valence-electron chi connectivity index (χ2n) is 8.22. The summed E-state index contributed by atoms with van der Waals surface area (Å²) in [6.45, 7) is 2.64. The van der Waals surface area contributed by atoms with E-state index in [2.05, 4.69) is 15.2 Å². The van der Waals surface area contributed by atoms with Gasteiger partial charge in [-0.2, -0.15) is 0 Å². The number of rotatable bonds is 10. The average Bonchev–Trinajstić information content (AvgIpc) is 3.33. The van der Waals surface area contributed by atoms with Crippen LogP contribution in [0.5, 0.6) is 0 Å². The summed E-state index contributed by atoms with van der Waals surface area (Å²) in [6.07, 6.45) is 5.75. The topological polar surface area (TPSA) is 81.6 Å². The first kappa shape index (κ1) is 22.7. The van der Waals surface area contributed by atoms with E-state index in [0.29, 0.717) is 31.0 Å². The van der Waals surface area contributed by atoms with E-state index in [-0.39, 0.29) is 18.3 Å². The number of carbonyl (C=O) groups is 1. The molecule has 3 aromatic rings. The average molecular weight is 450 g/mol. The van der Waals surface area contributed by atoms with Gasteiger partial charge in [-0.05, 0) is 54.3 Å². The van der Waals surface area contributed by atoms with Gasteiger partial charge in [-0.25, -0.2) is 9.37 Å². The number of halogens is 1. The lowest BCUT2D eigenvalue weighted by Crippen LogP contribution is -2.25. The summed E-state index contributed by atoms with van der Waals surface area (Å²) in [5, 5.41) is 12.8. The zero-order chi connectivity index (χ0) is 23.0. The Hall–Kier alpha value is -3.52. The highest BCUT2D eigenvalue weighted by Gasteiger charge is 2.24. The van der Waals surface area contributed by atoms with Gasteiger partial charge in [0.15, 0.2) is 5.82 Å². The highest BCUT2D eigenvalue weighted by atomic mass is 19.1. The van der Waals surface area contributed by atoms with E-state index < -0.39 is 0 Å². The van der Waals surface area contributed by atoms with Crippen LogP contribution in [-0.2, 0) is 17.8 Å². The Balaban J connectivity index is 1.56. The molecular weight excluding hydrogens is 421 g/mol. The third kappa shape index (κ3) is 5.84. The highest BCUT2D eigenvalue weighted by molar-refractivity contribution is 5.82. The van der Waals surface area contributed by atoms with Crippen LogP contribution in [0.3, 0.4) is 0 Å². The van der Waals surface area contributed by atoms with Crippen LogP contribution in [0.1, 0.15) is 17.5 Å². The van der Waals surface area contributed by atoms with E-state index in [4.69, 9.17) is 4.98 Å². The van der Waals surface area contributed by atoms with Crippen molar-refractivity contribution < 1.29 is 14.3 Å². The number of aliphatic hydroxyl groups excluding tert-OH is 1. The predicted molar refractivity (Wildman–Crippen MR) is 127 cm³/mol. The Labute approximate surface area is 192 Å². The number of amides is 1. The van der Waals surface area contributed by atoms with E-state index in [1.165, 1.54) is 12.1 Å². The zero-order valence-electron chi connectivity index (χ0n) is 18.4. The molecule has 8 heteroatoms. The maximum absolute atomic E-state index is 13.5. The Kier molecular flexibility index (Phi) is 7.47. The maximum Gasteiger partial charge on any atom is 0.214 e. The SMILES string of the molecule is O=CN(Cc1cccnc1)c1ccc(N2CC[C@H](CO)C2)nc1NCCc1cccc(F)c1. The van der Waals surface area contributed by atoms with Gasteiger partial charge < -0.3 is 20.2 Å². The van der Waals surface area contributed by atoms with Gasteiger partial charge in [-0.3, -0.25) is 9.78 Å². The second kappa shape index (κ2) is 10.9. The number of carbonyl (C=O) groups excluding carboxylic acids is 1. The maximum atomic E-state index is 13.5. The molecule has 1 aromatic carbocycles. The first-order valence-electron chi connectivity index (χ1n) is 11.1. The highest BCUT2D eigenvalue weighted by Crippen LogP contribution is 2.30. The molecule has 7 nitrogen and oxygen atoms in total. The summed E-state index contributed by atoms with van der Waals surface area (Å²) < 4.78 is 13.5. The van der Waals surface area contributed by atoms with Crippen LogP contribution in [-0.4, -0.2) is 47.7 Å². The third-order valence-corrected chi connectivity index (χ3v) is 5.83. The molecule has 1 aliphatic rings. The van der Waals surface area contributed by atoms with E-state index >= 15 is 0 Å². The number of aromatic nitrogens is 2. The smallest absolute Gasteiger partial charge is 0.214 e. The molecule has 1 atom stereocenters. The molecule has 172 valence electrons. The van der Waals surface area contributed by atoms with Crippen molar-refractivity contribution in [3.63, 3.8) is 0 Å². The van der Waals surface area contributed by atoms with Gasteiger partial charge in [-0.1, -0.05) is 18.2 Å². The molecule has 4 rings (SSSR count). The molecule has 0 aliphatic carbocycles. The summed E-state index contributed by atoms with van der Waals surface area (Å²) in [4.78, 5) is 24.7. The minimum atomic E-state index is -0.260. The van der Waals surface area contributed by atoms with Gasteiger partial charge in [-0.15, -0.1) is 0 Å². The largest absolute Gasteiger partial charge is 0.396 e. The number of hydrogen-bond donors (Lipinski definition) is 2. The number of aliphatic hydroxyl groups is 1. The van der Waals surface area contributed by atoms with Gasteiger partial charge in [0.05, 0.1) is 12.2 Å². The predicted octanol–water partition coefficient (Wildman–Crippen LogP) is 3.25. The van der Waals surface area contributed by atoms with Crippen molar-refractivity contribution in [2.24, 2.45) is 5.92 Å². The van der Waals surface area contributed by atoms with Crippen LogP contribution >= 0.6 is 0 Å². The zero-order valence-corrected chi connectivity index (χ0v) is 18.4. The van der Waals surface area contributed by atoms with Crippen molar-refractivity contribution in [3.05, 3.63) is 77.9 Å². The van der Waals surface area contributed by atoms with Crippen molar-refractivity contribution in [1.82, 2.24) is 9.97 Å². The quantitative estimate of drug-likeness (QED) is 0.463. The lowest BCUT2D eigenvalue weighted by atomic mass is 10.1. The number of nitrogens with one attached hydrogen (secondary N) is 1. The number of anilines is 3. The van der Waals surface area contributed by atoms with Crippen LogP contribution in [0.4, 0.5) is 21.7 Å². The molecule has 0 radical (unpaired) electrons. The Morgan fingerprint density at radius 1 is 1.21 bits per heavy atom. The van der Waals surface area contributed by atoms with Gasteiger partial charge >= 0.3 is 0 Å². The van der Waals surface area contributed by atoms with Crippen molar-refractivity contribution >= 4 is 23.7 Å². The molecule has 1 aliphatic heterocycles. The summed E-state index contributed by atoms with van der Waals surface area (Å²) in [5.41, 5.74) is 2.45. The fraction of sp³-hybridized carbons (Fsp3) is 0.320. The molecule has 1 saturated heterocycles. The van der Waals surface area contributed by atoms with Crippen LogP contribution in [0.15, 0.2) is 60.9 Å². The minimum Gasteiger partial charge on any atom is -0.396 e. The van der Waals surface area contributed by atoms with E-state index in [1.54, 1.807) is 23.4 Å². The Bertz CT molecular complexity index is 1070. The molecular formula is C25H28FN5O2. The van der Waals surface area contributed by atoms with Crippen molar-refractivity contribution in [2.45, 2.75) is 19.4 Å². The lowest BCUT2D eigenvalue weighted by Gasteiger charge is -2.24. The molecule has 33 heavy (non-hydrogen) atoms. The number of benzene rings is 1. The standard InChI is InChI=1S/C25H28FN5O2/c26-22-5-1-3-19(13-22)8-11-28-25-23(31(18-33)15-20-4-2-10-27-14-20)6-7-24(29-25)30-12-9-21(16-30)17-32/h1-7,10,13-14,18,21,32H,8-9,11-12,15-17H2,(H,28,29)/t21-/m0/s1. The summed E-state index contributed by atoms with van der Waals surface area (Å²) in [5.74, 6) is 1.37. The van der Waals surface area contributed by atoms with Crippen molar-refractivity contribution in [1.29, 1.82) is 0 Å². The van der Waals surface area contributed by atoms with Crippen LogP contribution in [0.2, 0.25) is 0 Å². The monoisotopic (exact) mass is 449 g/mol. The lowest BCUT2D eigenvalue weighted by molar-refractivity contribution is -0.107. The van der Waals surface area contributed by atoms with E-state index in [1.807, 2.05) is 30.3 Å². The summed E-state index contributed by atoms with van der Waals surface area (Å²) in [6, 6.07) is 14.1. The van der Waals surface area contributed by atoms with E-state index in [0.717, 1.165) is 42.9 Å². The molecule has 0 saturated carbocycles. The normalized spacial score (nSPS) is 15.5. The van der Waals surface area contributed by atoms with Crippen LogP contribution in [0, 0.1) is 11.7 Å². The van der Waals surface area contributed by atoms with Crippen LogP contribution in [0.25, 0.3) is 0 Å². The molecule has 1 amide bonds. The first-order valence-corrected chi connectivity index (χ1v) is 11.1. The van der Waals surface area contributed by atoms with Crippen molar-refractivity contribution in [3.8, 4) is 0 Å². The Morgan fingerprint density at radius 2 is 2.09 bits per heavy atom. The molecule has 0 spiro atoms. The molecule has 0 unspecified atom stereocenters. The van der Waals surface area contributed by atoms with Gasteiger partial charge in [0.2, 0.25) is 6.41 Å². The van der Waals surface area contributed by atoms with Gasteiger partial charge in [0.25, 0.3) is 0 Å².